The summed E-state index contributed by atoms with van der Waals surface area (Å²) in [6, 6.07) is 17.2. The van der Waals surface area contributed by atoms with Gasteiger partial charge in [-0.1, -0.05) is 54.6 Å². The molecule has 1 aliphatic heterocycles. The van der Waals surface area contributed by atoms with Gasteiger partial charge in [-0.05, 0) is 49.4 Å². The largest absolute Gasteiger partial charge is 0.445 e. The van der Waals surface area contributed by atoms with Gasteiger partial charge < -0.3 is 20.7 Å². The lowest BCUT2D eigenvalue weighted by Crippen LogP contribution is -2.43. The van der Waals surface area contributed by atoms with Crippen LogP contribution in [0.4, 0.5) is 4.79 Å². The van der Waals surface area contributed by atoms with Crippen LogP contribution in [0.1, 0.15) is 42.0 Å². The zero-order valence-electron chi connectivity index (χ0n) is 19.5. The lowest BCUT2D eigenvalue weighted by Gasteiger charge is -2.28. The molecule has 0 radical (unpaired) electrons. The van der Waals surface area contributed by atoms with E-state index in [-0.39, 0.29) is 43.1 Å². The molecule has 1 saturated heterocycles. The Kier molecular flexibility index (Phi) is 7.80. The summed E-state index contributed by atoms with van der Waals surface area (Å²) in [5.74, 6) is -0.319. The van der Waals surface area contributed by atoms with Crippen LogP contribution in [0.15, 0.2) is 54.6 Å². The summed E-state index contributed by atoms with van der Waals surface area (Å²) in [6.45, 7) is 0.539. The lowest BCUT2D eigenvalue weighted by atomic mass is 9.87. The standard InChI is InChI=1S/C26H32N4O4/c1-30-16-20(28-24(31)15-27-26(33)34-17-18-8-3-2-4-9-18)14-23(30)25(32)29-22-13-7-11-19-10-5-6-12-21(19)22/h2-6,8-10,12,20,22-23H,7,11,13-17H2,1H3,(H,27,33)(H,28,31)(H,29,32)/t20-,22+,23-/m0/s1. The van der Waals surface area contributed by atoms with E-state index in [2.05, 4.69) is 28.1 Å². The molecule has 2 aromatic rings. The van der Waals surface area contributed by atoms with Gasteiger partial charge in [0.2, 0.25) is 11.8 Å². The van der Waals surface area contributed by atoms with Gasteiger partial charge in [-0.2, -0.15) is 0 Å². The van der Waals surface area contributed by atoms with Crippen molar-refractivity contribution in [3.63, 3.8) is 0 Å². The van der Waals surface area contributed by atoms with E-state index in [0.717, 1.165) is 24.8 Å². The molecule has 1 aliphatic carbocycles. The normalized spacial score (nSPS) is 21.9. The molecule has 1 heterocycles. The highest BCUT2D eigenvalue weighted by atomic mass is 16.5. The third kappa shape index (κ3) is 6.14. The fourth-order valence-electron chi connectivity index (χ4n) is 4.79. The van der Waals surface area contributed by atoms with E-state index in [9.17, 15) is 14.4 Å². The Balaban J connectivity index is 1.20. The van der Waals surface area contributed by atoms with Crippen LogP contribution in [-0.4, -0.2) is 55.0 Å². The maximum absolute atomic E-state index is 13.0. The lowest BCUT2D eigenvalue weighted by molar-refractivity contribution is -0.126. The van der Waals surface area contributed by atoms with Crippen molar-refractivity contribution in [1.29, 1.82) is 0 Å². The molecule has 4 rings (SSSR count). The molecule has 34 heavy (non-hydrogen) atoms. The molecule has 0 bridgehead atoms. The predicted octanol–water partition coefficient (Wildman–Crippen LogP) is 2.30. The molecule has 0 spiro atoms. The van der Waals surface area contributed by atoms with Gasteiger partial charge >= 0.3 is 6.09 Å². The summed E-state index contributed by atoms with van der Waals surface area (Å²) >= 11 is 0. The molecule has 0 aromatic heterocycles. The Bertz CT molecular complexity index is 1010. The van der Waals surface area contributed by atoms with E-state index in [1.807, 2.05) is 54.4 Å². The number of fused-ring (bicyclic) bond motifs is 1. The topological polar surface area (TPSA) is 99.8 Å². The Labute approximate surface area is 200 Å². The molecule has 2 aromatic carbocycles. The number of likely N-dealkylation sites (tertiary alicyclic amines) is 1. The Hall–Kier alpha value is -3.39. The monoisotopic (exact) mass is 464 g/mol. The fourth-order valence-corrected chi connectivity index (χ4v) is 4.79. The van der Waals surface area contributed by atoms with Crippen molar-refractivity contribution >= 4 is 17.9 Å². The minimum absolute atomic E-state index is 0.0106. The first-order valence-corrected chi connectivity index (χ1v) is 11.8. The summed E-state index contributed by atoms with van der Waals surface area (Å²) < 4.78 is 5.12. The number of carbonyl (C=O) groups excluding carboxylic acids is 3. The van der Waals surface area contributed by atoms with Crippen LogP contribution in [0.2, 0.25) is 0 Å². The highest BCUT2D eigenvalue weighted by molar-refractivity contribution is 5.84. The third-order valence-electron chi connectivity index (χ3n) is 6.51. The molecule has 0 saturated carbocycles. The molecule has 180 valence electrons. The zero-order valence-corrected chi connectivity index (χ0v) is 19.5. The molecular formula is C26H32N4O4. The molecule has 3 amide bonds. The molecule has 2 aliphatic rings. The van der Waals surface area contributed by atoms with E-state index in [1.165, 1.54) is 11.1 Å². The second kappa shape index (κ2) is 11.2. The van der Waals surface area contributed by atoms with Crippen molar-refractivity contribution < 1.29 is 19.1 Å². The van der Waals surface area contributed by atoms with Crippen LogP contribution in [0.3, 0.4) is 0 Å². The number of nitrogens with one attached hydrogen (secondary N) is 3. The summed E-state index contributed by atoms with van der Waals surface area (Å²) in [5.41, 5.74) is 3.38. The van der Waals surface area contributed by atoms with Crippen molar-refractivity contribution in [3.8, 4) is 0 Å². The van der Waals surface area contributed by atoms with Crippen LogP contribution in [0, 0.1) is 0 Å². The first-order valence-electron chi connectivity index (χ1n) is 11.8. The molecule has 3 N–H and O–H groups in total. The first-order chi connectivity index (χ1) is 16.5. The van der Waals surface area contributed by atoms with E-state index in [1.54, 1.807) is 0 Å². The number of hydrogen-bond donors (Lipinski definition) is 3. The van der Waals surface area contributed by atoms with Crippen LogP contribution in [-0.2, 0) is 27.4 Å². The van der Waals surface area contributed by atoms with Crippen molar-refractivity contribution in [1.82, 2.24) is 20.9 Å². The Morgan fingerprint density at radius 3 is 2.62 bits per heavy atom. The minimum atomic E-state index is -0.646. The van der Waals surface area contributed by atoms with E-state index in [0.29, 0.717) is 13.0 Å². The summed E-state index contributed by atoms with van der Waals surface area (Å²) in [7, 11) is 1.89. The predicted molar refractivity (Wildman–Crippen MR) is 128 cm³/mol. The Morgan fingerprint density at radius 1 is 1.03 bits per heavy atom. The van der Waals surface area contributed by atoms with Gasteiger partial charge in [-0.15, -0.1) is 0 Å². The molecule has 3 atom stereocenters. The van der Waals surface area contributed by atoms with Crippen LogP contribution >= 0.6 is 0 Å². The number of carbonyl (C=O) groups is 3. The number of nitrogens with zero attached hydrogens (tertiary/aromatic N) is 1. The number of ether oxygens (including phenoxy) is 1. The second-order valence-electron chi connectivity index (χ2n) is 9.02. The van der Waals surface area contributed by atoms with Gasteiger partial charge in [0.1, 0.15) is 13.2 Å². The molecular weight excluding hydrogens is 432 g/mol. The molecule has 1 fully saturated rings. The maximum atomic E-state index is 13.0. The second-order valence-corrected chi connectivity index (χ2v) is 9.02. The van der Waals surface area contributed by atoms with Crippen molar-refractivity contribution in [2.75, 3.05) is 20.1 Å². The zero-order chi connectivity index (χ0) is 23.9. The smallest absolute Gasteiger partial charge is 0.407 e. The highest BCUT2D eigenvalue weighted by Gasteiger charge is 2.36. The van der Waals surface area contributed by atoms with Crippen LogP contribution in [0.5, 0.6) is 0 Å². The first kappa shape index (κ1) is 23.8. The average molecular weight is 465 g/mol. The van der Waals surface area contributed by atoms with Crippen LogP contribution < -0.4 is 16.0 Å². The van der Waals surface area contributed by atoms with Gasteiger partial charge in [-0.25, -0.2) is 4.79 Å². The van der Waals surface area contributed by atoms with Gasteiger partial charge in [0.15, 0.2) is 0 Å². The van der Waals surface area contributed by atoms with E-state index < -0.39 is 6.09 Å². The number of amides is 3. The van der Waals surface area contributed by atoms with Gasteiger partial charge in [0.25, 0.3) is 0 Å². The molecule has 0 unspecified atom stereocenters. The summed E-state index contributed by atoms with van der Waals surface area (Å²) in [6.07, 6.45) is 2.93. The van der Waals surface area contributed by atoms with E-state index >= 15 is 0 Å². The van der Waals surface area contributed by atoms with Crippen molar-refractivity contribution in [2.24, 2.45) is 0 Å². The highest BCUT2D eigenvalue weighted by Crippen LogP contribution is 2.30. The third-order valence-corrected chi connectivity index (χ3v) is 6.51. The van der Waals surface area contributed by atoms with Gasteiger partial charge in [0, 0.05) is 12.6 Å². The summed E-state index contributed by atoms with van der Waals surface area (Å²) in [4.78, 5) is 39.2. The van der Waals surface area contributed by atoms with Gasteiger partial charge in [-0.3, -0.25) is 14.5 Å². The number of aryl methyl sites for hydroxylation is 1. The summed E-state index contributed by atoms with van der Waals surface area (Å²) in [5, 5.41) is 8.60. The SMILES string of the molecule is CN1C[C@@H](NC(=O)CNC(=O)OCc2ccccc2)C[C@H]1C(=O)N[C@@H]1CCCc2ccccc21. The number of likely N-dealkylation sites (N-methyl/N-ethyl adjacent to an activating group) is 1. The number of alkyl carbamates (subject to hydrolysis) is 1. The van der Waals surface area contributed by atoms with Crippen molar-refractivity contribution in [3.05, 3.63) is 71.3 Å². The maximum Gasteiger partial charge on any atom is 0.407 e. The van der Waals surface area contributed by atoms with Crippen molar-refractivity contribution in [2.45, 2.75) is 50.4 Å². The molecule has 8 nitrogen and oxygen atoms in total. The number of rotatable bonds is 7. The van der Waals surface area contributed by atoms with Crippen LogP contribution in [0.25, 0.3) is 0 Å². The fraction of sp³-hybridized carbons (Fsp3) is 0.423. The average Bonchev–Trinajstić information content (AvgIpc) is 3.22. The number of hydrogen-bond acceptors (Lipinski definition) is 5. The van der Waals surface area contributed by atoms with Gasteiger partial charge in [0.05, 0.1) is 12.1 Å². The quantitative estimate of drug-likeness (QED) is 0.584. The molecule has 8 heteroatoms. The van der Waals surface area contributed by atoms with E-state index in [4.69, 9.17) is 4.74 Å². The number of benzene rings is 2. The minimum Gasteiger partial charge on any atom is -0.445 e. The Morgan fingerprint density at radius 2 is 1.79 bits per heavy atom.